The summed E-state index contributed by atoms with van der Waals surface area (Å²) in [6.45, 7) is 3.13. The second-order valence-electron chi connectivity index (χ2n) is 7.13. The van der Waals surface area contributed by atoms with Gasteiger partial charge in [-0.2, -0.15) is 0 Å². The number of nitrogens with two attached hydrogens (primary N) is 1. The average molecular weight is 337 g/mol. The molecule has 1 aliphatic heterocycles. The van der Waals surface area contributed by atoms with Crippen LogP contribution in [0.15, 0.2) is 30.3 Å². The van der Waals surface area contributed by atoms with E-state index >= 15 is 0 Å². The molecule has 1 saturated heterocycles. The molecule has 1 amide bonds. The molecule has 4 atom stereocenters. The number of hydrogen-bond acceptors (Lipinski definition) is 2. The maximum atomic E-state index is 12.6. The summed E-state index contributed by atoms with van der Waals surface area (Å²) in [6.07, 6.45) is 6.26. The van der Waals surface area contributed by atoms with E-state index < -0.39 is 0 Å². The van der Waals surface area contributed by atoms with Gasteiger partial charge in [0.15, 0.2) is 0 Å². The van der Waals surface area contributed by atoms with Crippen molar-refractivity contribution in [3.63, 3.8) is 0 Å². The zero-order valence-electron chi connectivity index (χ0n) is 14.0. The lowest BCUT2D eigenvalue weighted by Crippen LogP contribution is -2.38. The predicted octanol–water partition coefficient (Wildman–Crippen LogP) is 3.41. The minimum atomic E-state index is 0. The van der Waals surface area contributed by atoms with Crippen molar-refractivity contribution in [2.24, 2.45) is 17.6 Å². The lowest BCUT2D eigenvalue weighted by atomic mass is 9.93. The number of carbonyl (C=O) groups excluding carboxylic acids is 1. The van der Waals surface area contributed by atoms with Crippen molar-refractivity contribution in [2.45, 2.75) is 57.5 Å². The Morgan fingerprint density at radius 3 is 2.57 bits per heavy atom. The zero-order chi connectivity index (χ0) is 15.5. The van der Waals surface area contributed by atoms with Crippen molar-refractivity contribution in [1.29, 1.82) is 0 Å². The number of likely N-dealkylation sites (tertiary alicyclic amines) is 1. The smallest absolute Gasteiger partial charge is 0.223 e. The van der Waals surface area contributed by atoms with Gasteiger partial charge < -0.3 is 10.6 Å². The minimum absolute atomic E-state index is 0. The Labute approximate surface area is 146 Å². The van der Waals surface area contributed by atoms with Gasteiger partial charge >= 0.3 is 0 Å². The van der Waals surface area contributed by atoms with Crippen molar-refractivity contribution < 1.29 is 4.79 Å². The molecule has 2 N–H and O–H groups in total. The van der Waals surface area contributed by atoms with Gasteiger partial charge in [0.1, 0.15) is 0 Å². The highest BCUT2D eigenvalue weighted by Gasteiger charge is 2.35. The van der Waals surface area contributed by atoms with Crippen LogP contribution >= 0.6 is 12.4 Å². The van der Waals surface area contributed by atoms with E-state index in [0.717, 1.165) is 32.2 Å². The Balaban J connectivity index is 0.00000192. The van der Waals surface area contributed by atoms with Crippen LogP contribution in [-0.4, -0.2) is 29.4 Å². The molecular formula is C19H29ClN2O. The Kier molecular flexibility index (Phi) is 6.49. The van der Waals surface area contributed by atoms with E-state index in [0.29, 0.717) is 30.2 Å². The van der Waals surface area contributed by atoms with E-state index in [9.17, 15) is 4.79 Å². The number of carbonyl (C=O) groups is 1. The second kappa shape index (κ2) is 8.16. The molecule has 2 fully saturated rings. The fraction of sp³-hybridized carbons (Fsp3) is 0.632. The van der Waals surface area contributed by atoms with Gasteiger partial charge in [0.2, 0.25) is 5.91 Å². The normalized spacial score (nSPS) is 30.3. The van der Waals surface area contributed by atoms with Crippen molar-refractivity contribution in [3.05, 3.63) is 35.9 Å². The Morgan fingerprint density at radius 2 is 1.91 bits per heavy atom. The molecule has 1 aliphatic carbocycles. The molecule has 2 aliphatic rings. The summed E-state index contributed by atoms with van der Waals surface area (Å²) in [5, 5.41) is 0. The maximum Gasteiger partial charge on any atom is 0.223 e. The van der Waals surface area contributed by atoms with Gasteiger partial charge in [-0.3, -0.25) is 4.79 Å². The molecule has 128 valence electrons. The van der Waals surface area contributed by atoms with Gasteiger partial charge in [0.25, 0.3) is 0 Å². The maximum absolute atomic E-state index is 12.6. The molecule has 0 spiro atoms. The highest BCUT2D eigenvalue weighted by atomic mass is 35.5. The fourth-order valence-corrected chi connectivity index (χ4v) is 4.21. The largest absolute Gasteiger partial charge is 0.340 e. The van der Waals surface area contributed by atoms with Crippen LogP contribution in [0.25, 0.3) is 0 Å². The van der Waals surface area contributed by atoms with Crippen LogP contribution < -0.4 is 5.73 Å². The number of hydrogen-bond donors (Lipinski definition) is 1. The number of rotatable bonds is 4. The third-order valence-electron chi connectivity index (χ3n) is 5.73. The lowest BCUT2D eigenvalue weighted by Gasteiger charge is -2.27. The SMILES string of the molecule is CC1C(Cc2ccccc2)CCN1C(=O)C[C@@H]1CCC[C@H]1N.Cl. The second-order valence-corrected chi connectivity index (χ2v) is 7.13. The summed E-state index contributed by atoms with van der Waals surface area (Å²) in [4.78, 5) is 14.7. The van der Waals surface area contributed by atoms with E-state index in [2.05, 4.69) is 42.2 Å². The highest BCUT2D eigenvalue weighted by Crippen LogP contribution is 2.31. The van der Waals surface area contributed by atoms with E-state index in [4.69, 9.17) is 5.73 Å². The molecule has 1 saturated carbocycles. The summed E-state index contributed by atoms with van der Waals surface area (Å²) in [6, 6.07) is 11.2. The molecule has 0 aromatic heterocycles. The van der Waals surface area contributed by atoms with Gasteiger partial charge in [-0.15, -0.1) is 12.4 Å². The molecule has 0 radical (unpaired) electrons. The van der Waals surface area contributed by atoms with E-state index in [-0.39, 0.29) is 18.4 Å². The van der Waals surface area contributed by atoms with Gasteiger partial charge in [-0.05, 0) is 50.0 Å². The molecule has 3 rings (SSSR count). The first kappa shape index (κ1) is 18.3. The van der Waals surface area contributed by atoms with Crippen LogP contribution in [0.5, 0.6) is 0 Å². The van der Waals surface area contributed by atoms with Gasteiger partial charge in [0.05, 0.1) is 0 Å². The molecule has 2 unspecified atom stereocenters. The van der Waals surface area contributed by atoms with Crippen molar-refractivity contribution in [3.8, 4) is 0 Å². The molecule has 23 heavy (non-hydrogen) atoms. The van der Waals surface area contributed by atoms with Gasteiger partial charge in [-0.25, -0.2) is 0 Å². The third-order valence-corrected chi connectivity index (χ3v) is 5.73. The quantitative estimate of drug-likeness (QED) is 0.915. The topological polar surface area (TPSA) is 46.3 Å². The number of benzene rings is 1. The number of halogens is 1. The first-order valence-electron chi connectivity index (χ1n) is 8.74. The van der Waals surface area contributed by atoms with Crippen LogP contribution in [0, 0.1) is 11.8 Å². The molecule has 1 aromatic carbocycles. The first-order valence-corrected chi connectivity index (χ1v) is 8.74. The van der Waals surface area contributed by atoms with E-state index in [1.54, 1.807) is 0 Å². The zero-order valence-corrected chi connectivity index (χ0v) is 14.8. The van der Waals surface area contributed by atoms with Crippen molar-refractivity contribution in [1.82, 2.24) is 4.90 Å². The monoisotopic (exact) mass is 336 g/mol. The standard InChI is InChI=1S/C19H28N2O.ClH/c1-14-16(12-15-6-3-2-4-7-15)10-11-21(14)19(22)13-17-8-5-9-18(17)20;/h2-4,6-7,14,16-18H,5,8-13,20H2,1H3;1H/t14?,16?,17-,18+;/m0./s1. The highest BCUT2D eigenvalue weighted by molar-refractivity contribution is 5.85. The van der Waals surface area contributed by atoms with E-state index in [1.165, 1.54) is 12.0 Å². The molecule has 0 bridgehead atoms. The Morgan fingerprint density at radius 1 is 1.17 bits per heavy atom. The number of nitrogens with zero attached hydrogens (tertiary/aromatic N) is 1. The van der Waals surface area contributed by atoms with E-state index in [1.807, 2.05) is 0 Å². The predicted molar refractivity (Wildman–Crippen MR) is 96.6 cm³/mol. The lowest BCUT2D eigenvalue weighted by molar-refractivity contribution is -0.133. The van der Waals surface area contributed by atoms with Crippen molar-refractivity contribution in [2.75, 3.05) is 6.54 Å². The Bertz CT molecular complexity index is 507. The van der Waals surface area contributed by atoms with Crippen LogP contribution in [0.4, 0.5) is 0 Å². The molecule has 1 aromatic rings. The summed E-state index contributed by atoms with van der Waals surface area (Å²) in [7, 11) is 0. The number of amides is 1. The minimum Gasteiger partial charge on any atom is -0.340 e. The summed E-state index contributed by atoms with van der Waals surface area (Å²) in [5.41, 5.74) is 7.50. The van der Waals surface area contributed by atoms with Crippen molar-refractivity contribution >= 4 is 18.3 Å². The van der Waals surface area contributed by atoms with Crippen LogP contribution in [0.2, 0.25) is 0 Å². The fourth-order valence-electron chi connectivity index (χ4n) is 4.21. The third kappa shape index (κ3) is 4.27. The molecular weight excluding hydrogens is 308 g/mol. The van der Waals surface area contributed by atoms with Crippen LogP contribution in [0.1, 0.15) is 44.6 Å². The van der Waals surface area contributed by atoms with Crippen LogP contribution in [0.3, 0.4) is 0 Å². The summed E-state index contributed by atoms with van der Waals surface area (Å²) < 4.78 is 0. The molecule has 4 heteroatoms. The molecule has 3 nitrogen and oxygen atoms in total. The Hall–Kier alpha value is -1.06. The summed E-state index contributed by atoms with van der Waals surface area (Å²) >= 11 is 0. The van der Waals surface area contributed by atoms with Gasteiger partial charge in [-0.1, -0.05) is 36.8 Å². The van der Waals surface area contributed by atoms with Crippen LogP contribution in [-0.2, 0) is 11.2 Å². The first-order chi connectivity index (χ1) is 10.6. The van der Waals surface area contributed by atoms with Gasteiger partial charge in [0, 0.05) is 25.0 Å². The molecule has 1 heterocycles. The summed E-state index contributed by atoms with van der Waals surface area (Å²) in [5.74, 6) is 1.32. The average Bonchev–Trinajstić information content (AvgIpc) is 3.08.